The molecule has 2 rings (SSSR count). The zero-order valence-electron chi connectivity index (χ0n) is 14.8. The number of esters is 1. The summed E-state index contributed by atoms with van der Waals surface area (Å²) in [5.41, 5.74) is 0.223. The third kappa shape index (κ3) is 4.84. The topological polar surface area (TPSA) is 87.5 Å². The number of hydrogen-bond acceptors (Lipinski definition) is 5. The molecule has 9 heteroatoms. The highest BCUT2D eigenvalue weighted by Crippen LogP contribution is 2.28. The Morgan fingerprint density at radius 1 is 1.29 bits per heavy atom. The second-order valence-corrected chi connectivity index (χ2v) is 8.33. The summed E-state index contributed by atoms with van der Waals surface area (Å²) in [4.78, 5) is 12.1. The molecule has 0 aliphatic rings. The molecular formula is C19H16Cl2N2O4S. The Balaban J connectivity index is 2.50. The van der Waals surface area contributed by atoms with Crippen LogP contribution in [-0.2, 0) is 14.8 Å². The van der Waals surface area contributed by atoms with Gasteiger partial charge in [0.05, 0.1) is 27.7 Å². The summed E-state index contributed by atoms with van der Waals surface area (Å²) in [7, 11) is -4.05. The van der Waals surface area contributed by atoms with Crippen LogP contribution in [0.15, 0.2) is 60.0 Å². The lowest BCUT2D eigenvalue weighted by Gasteiger charge is -2.23. The first-order valence-electron chi connectivity index (χ1n) is 8.00. The average molecular weight is 439 g/mol. The van der Waals surface area contributed by atoms with Gasteiger partial charge in [0.25, 0.3) is 10.0 Å². The number of sulfonamides is 1. The van der Waals surface area contributed by atoms with Crippen molar-refractivity contribution in [2.24, 2.45) is 0 Å². The zero-order valence-corrected chi connectivity index (χ0v) is 17.1. The third-order valence-electron chi connectivity index (χ3n) is 3.62. The van der Waals surface area contributed by atoms with E-state index in [0.717, 1.165) is 10.4 Å². The Kier molecular flexibility index (Phi) is 7.08. The molecular weight excluding hydrogens is 423 g/mol. The number of nitriles is 1. The number of hydrogen-bond donors (Lipinski definition) is 0. The third-order valence-corrected chi connectivity index (χ3v) is 5.99. The van der Waals surface area contributed by atoms with Crippen molar-refractivity contribution >= 4 is 44.9 Å². The van der Waals surface area contributed by atoms with E-state index in [0.29, 0.717) is 10.7 Å². The van der Waals surface area contributed by atoms with Gasteiger partial charge in [-0.1, -0.05) is 29.3 Å². The van der Waals surface area contributed by atoms with Crippen molar-refractivity contribution < 1.29 is 17.9 Å². The van der Waals surface area contributed by atoms with E-state index in [4.69, 9.17) is 33.2 Å². The summed E-state index contributed by atoms with van der Waals surface area (Å²) >= 11 is 11.9. The largest absolute Gasteiger partial charge is 0.444 e. The average Bonchev–Trinajstić information content (AvgIpc) is 2.66. The highest BCUT2D eigenvalue weighted by Gasteiger charge is 2.26. The molecule has 0 aliphatic heterocycles. The van der Waals surface area contributed by atoms with Gasteiger partial charge in [-0.25, -0.2) is 13.2 Å². The van der Waals surface area contributed by atoms with Crippen molar-refractivity contribution in [3.05, 3.63) is 70.7 Å². The smallest absolute Gasteiger partial charge is 0.340 e. The normalized spacial score (nSPS) is 11.9. The van der Waals surface area contributed by atoms with Crippen LogP contribution in [0.4, 0.5) is 5.69 Å². The van der Waals surface area contributed by atoms with Crippen LogP contribution < -0.4 is 4.31 Å². The first-order chi connectivity index (χ1) is 13.2. The number of carbonyl (C=O) groups is 1. The lowest BCUT2D eigenvalue weighted by molar-refractivity contribution is 0.0435. The maximum Gasteiger partial charge on any atom is 0.340 e. The van der Waals surface area contributed by atoms with E-state index in [9.17, 15) is 13.2 Å². The highest BCUT2D eigenvalue weighted by molar-refractivity contribution is 7.92. The van der Waals surface area contributed by atoms with Crippen LogP contribution in [0.5, 0.6) is 0 Å². The fourth-order valence-electron chi connectivity index (χ4n) is 2.27. The van der Waals surface area contributed by atoms with E-state index in [1.165, 1.54) is 25.1 Å². The lowest BCUT2D eigenvalue weighted by Crippen LogP contribution is -2.31. The fraction of sp³-hybridized carbons (Fsp3) is 0.158. The monoisotopic (exact) mass is 438 g/mol. The lowest BCUT2D eigenvalue weighted by atomic mass is 10.2. The van der Waals surface area contributed by atoms with E-state index in [1.54, 1.807) is 30.3 Å². The second-order valence-electron chi connectivity index (χ2n) is 5.62. The minimum Gasteiger partial charge on any atom is -0.444 e. The number of carbonyl (C=O) groups excluding carboxylic acids is 1. The zero-order chi connectivity index (χ0) is 20.9. The molecule has 0 heterocycles. The van der Waals surface area contributed by atoms with Gasteiger partial charge in [-0.05, 0) is 49.4 Å². The van der Waals surface area contributed by atoms with Crippen molar-refractivity contribution in [1.82, 2.24) is 0 Å². The summed E-state index contributed by atoms with van der Waals surface area (Å²) in [5.74, 6) is -0.891. The van der Waals surface area contributed by atoms with E-state index in [2.05, 4.69) is 6.58 Å². The van der Waals surface area contributed by atoms with Gasteiger partial charge < -0.3 is 4.74 Å². The van der Waals surface area contributed by atoms with Crippen molar-refractivity contribution in [1.29, 1.82) is 5.26 Å². The number of halogens is 2. The molecule has 2 aromatic rings. The van der Waals surface area contributed by atoms with Gasteiger partial charge in [0.2, 0.25) is 0 Å². The number of rotatable bonds is 7. The second kappa shape index (κ2) is 9.11. The van der Waals surface area contributed by atoms with Gasteiger partial charge in [0.15, 0.2) is 6.10 Å². The number of ether oxygens (including phenoxy) is 1. The van der Waals surface area contributed by atoms with Crippen LogP contribution in [0.25, 0.3) is 0 Å². The fourth-order valence-corrected chi connectivity index (χ4v) is 4.05. The predicted molar refractivity (Wildman–Crippen MR) is 108 cm³/mol. The van der Waals surface area contributed by atoms with Crippen LogP contribution >= 0.6 is 23.2 Å². The Hall–Kier alpha value is -2.53. The summed E-state index contributed by atoms with van der Waals surface area (Å²) < 4.78 is 32.4. The molecule has 28 heavy (non-hydrogen) atoms. The molecule has 146 valence electrons. The van der Waals surface area contributed by atoms with Crippen LogP contribution in [0.3, 0.4) is 0 Å². The predicted octanol–water partition coefficient (Wildman–Crippen LogP) is 4.44. The van der Waals surface area contributed by atoms with Crippen LogP contribution in [0, 0.1) is 11.3 Å². The Bertz CT molecular complexity index is 1030. The molecule has 1 unspecified atom stereocenters. The number of nitrogens with zero attached hydrogens (tertiary/aromatic N) is 2. The SMILES string of the molecule is C=CCN(c1ccc(Cl)cc1)S(=O)(=O)c1ccc(Cl)c(C(=O)OC(C)C#N)c1. The van der Waals surface area contributed by atoms with Crippen molar-refractivity contribution in [2.75, 3.05) is 10.8 Å². The van der Waals surface area contributed by atoms with Crippen molar-refractivity contribution in [3.8, 4) is 6.07 Å². The summed E-state index contributed by atoms with van der Waals surface area (Å²) in [6.45, 7) is 4.98. The molecule has 0 saturated carbocycles. The van der Waals surface area contributed by atoms with Gasteiger partial charge in [0.1, 0.15) is 6.07 Å². The highest BCUT2D eigenvalue weighted by atomic mass is 35.5. The Morgan fingerprint density at radius 2 is 1.93 bits per heavy atom. The summed E-state index contributed by atoms with van der Waals surface area (Å²) in [6.07, 6.45) is 0.432. The molecule has 0 radical (unpaired) electrons. The molecule has 0 N–H and O–H groups in total. The van der Waals surface area contributed by atoms with Crippen LogP contribution in [0.2, 0.25) is 10.0 Å². The van der Waals surface area contributed by atoms with Crippen molar-refractivity contribution in [2.45, 2.75) is 17.9 Å². The van der Waals surface area contributed by atoms with E-state index in [1.807, 2.05) is 0 Å². The maximum absolute atomic E-state index is 13.2. The molecule has 0 fully saturated rings. The summed E-state index contributed by atoms with van der Waals surface area (Å²) in [5, 5.41) is 9.25. The van der Waals surface area contributed by atoms with Crippen molar-refractivity contribution in [3.63, 3.8) is 0 Å². The standard InChI is InChI=1S/C19H16Cl2N2O4S/c1-3-10-23(15-6-4-14(20)5-7-15)28(25,26)16-8-9-18(21)17(11-16)19(24)27-13(2)12-22/h3-9,11,13H,1,10H2,2H3. The minimum absolute atomic E-state index is 0.00214. The van der Waals surface area contributed by atoms with Gasteiger partial charge in [0, 0.05) is 5.02 Å². The summed E-state index contributed by atoms with van der Waals surface area (Å²) in [6, 6.07) is 11.7. The maximum atomic E-state index is 13.2. The van der Waals surface area contributed by atoms with Crippen LogP contribution in [0.1, 0.15) is 17.3 Å². The molecule has 6 nitrogen and oxygen atoms in total. The molecule has 0 aliphatic carbocycles. The van der Waals surface area contributed by atoms with E-state index < -0.39 is 22.1 Å². The molecule has 0 bridgehead atoms. The van der Waals surface area contributed by atoms with Gasteiger partial charge >= 0.3 is 5.97 Å². The Labute approximate surface area is 173 Å². The molecule has 2 aromatic carbocycles. The van der Waals surface area contributed by atoms with E-state index >= 15 is 0 Å². The molecule has 0 spiro atoms. The van der Waals surface area contributed by atoms with Gasteiger partial charge in [-0.15, -0.1) is 6.58 Å². The number of benzene rings is 2. The molecule has 0 saturated heterocycles. The first kappa shape index (κ1) is 21.8. The first-order valence-corrected chi connectivity index (χ1v) is 10.2. The molecule has 1 atom stereocenters. The molecule has 0 amide bonds. The minimum atomic E-state index is -4.05. The van der Waals surface area contributed by atoms with Gasteiger partial charge in [-0.2, -0.15) is 5.26 Å². The Morgan fingerprint density at radius 3 is 2.50 bits per heavy atom. The quantitative estimate of drug-likeness (QED) is 0.470. The van der Waals surface area contributed by atoms with Crippen LogP contribution in [-0.4, -0.2) is 27.0 Å². The number of anilines is 1. The molecule has 0 aromatic heterocycles. The van der Waals surface area contributed by atoms with Gasteiger partial charge in [-0.3, -0.25) is 4.31 Å². The van der Waals surface area contributed by atoms with E-state index in [-0.39, 0.29) is 22.0 Å².